The highest BCUT2D eigenvalue weighted by molar-refractivity contribution is 9.09. The topological polar surface area (TPSA) is 40.5 Å². The van der Waals surface area contributed by atoms with Gasteiger partial charge in [-0.05, 0) is 36.0 Å². The van der Waals surface area contributed by atoms with Gasteiger partial charge in [-0.3, -0.25) is 0 Å². The number of aromatic hydroxyl groups is 2. The van der Waals surface area contributed by atoms with Gasteiger partial charge in [0, 0.05) is 11.4 Å². The van der Waals surface area contributed by atoms with Gasteiger partial charge in [0.1, 0.15) is 11.5 Å². The minimum absolute atomic E-state index is 0.0114. The Labute approximate surface area is 112 Å². The zero-order valence-electron chi connectivity index (χ0n) is 10.5. The summed E-state index contributed by atoms with van der Waals surface area (Å²) in [5, 5.41) is 20.1. The Bertz CT molecular complexity index is 341. The summed E-state index contributed by atoms with van der Waals surface area (Å²) in [6.07, 6.45) is 4.62. The monoisotopic (exact) mass is 300 g/mol. The van der Waals surface area contributed by atoms with Gasteiger partial charge in [0.15, 0.2) is 0 Å². The van der Waals surface area contributed by atoms with Crippen LogP contribution in [-0.4, -0.2) is 15.5 Å². The number of rotatable bonds is 6. The van der Waals surface area contributed by atoms with Crippen LogP contribution in [0.25, 0.3) is 0 Å². The third kappa shape index (κ3) is 4.58. The van der Waals surface area contributed by atoms with Crippen LogP contribution in [0.3, 0.4) is 0 Å². The summed E-state index contributed by atoms with van der Waals surface area (Å²) in [6, 6.07) is 4.85. The van der Waals surface area contributed by atoms with Gasteiger partial charge in [-0.2, -0.15) is 0 Å². The molecule has 0 spiro atoms. The third-order valence-corrected chi connectivity index (χ3v) is 3.68. The molecule has 0 amide bonds. The van der Waals surface area contributed by atoms with Crippen molar-refractivity contribution in [3.63, 3.8) is 0 Å². The lowest BCUT2D eigenvalue weighted by Crippen LogP contribution is -2.16. The number of alkyl halides is 1. The van der Waals surface area contributed by atoms with E-state index in [0.29, 0.717) is 0 Å². The molecule has 0 heterocycles. The molecule has 0 aliphatic heterocycles. The normalized spacial score (nSPS) is 11.7. The molecule has 96 valence electrons. The fourth-order valence-electron chi connectivity index (χ4n) is 1.97. The second-order valence-electron chi connectivity index (χ2n) is 5.12. The number of halogens is 1. The lowest BCUT2D eigenvalue weighted by Gasteiger charge is -2.25. The first kappa shape index (κ1) is 14.4. The Morgan fingerprint density at radius 1 is 1.00 bits per heavy atom. The van der Waals surface area contributed by atoms with E-state index in [0.717, 1.165) is 23.7 Å². The molecule has 0 bridgehead atoms. The number of phenolic OH excluding ortho intramolecular Hbond substituents is 2. The molecule has 0 unspecified atom stereocenters. The zero-order valence-corrected chi connectivity index (χ0v) is 12.1. The maximum atomic E-state index is 9.50. The average molecular weight is 301 g/mol. The first-order valence-electron chi connectivity index (χ1n) is 6.05. The first-order valence-corrected chi connectivity index (χ1v) is 7.17. The van der Waals surface area contributed by atoms with Gasteiger partial charge in [0.05, 0.1) is 0 Å². The van der Waals surface area contributed by atoms with Crippen LogP contribution in [0, 0.1) is 0 Å². The predicted molar refractivity (Wildman–Crippen MR) is 75.1 cm³/mol. The highest BCUT2D eigenvalue weighted by Gasteiger charge is 2.21. The molecule has 0 atom stereocenters. The van der Waals surface area contributed by atoms with Crippen molar-refractivity contribution >= 4 is 15.9 Å². The maximum Gasteiger partial charge on any atom is 0.119 e. The molecule has 0 fully saturated rings. The van der Waals surface area contributed by atoms with Crippen LogP contribution >= 0.6 is 15.9 Å². The molecule has 0 radical (unpaired) electrons. The smallest absolute Gasteiger partial charge is 0.119 e. The van der Waals surface area contributed by atoms with Gasteiger partial charge in [-0.1, -0.05) is 42.6 Å². The fourth-order valence-corrected chi connectivity index (χ4v) is 2.36. The van der Waals surface area contributed by atoms with E-state index in [1.165, 1.54) is 18.9 Å². The van der Waals surface area contributed by atoms with Crippen molar-refractivity contribution in [3.05, 3.63) is 23.8 Å². The second-order valence-corrected chi connectivity index (χ2v) is 5.91. The van der Waals surface area contributed by atoms with E-state index < -0.39 is 0 Å². The molecule has 1 aromatic carbocycles. The number of hydrogen-bond donors (Lipinski definition) is 2. The van der Waals surface area contributed by atoms with Crippen molar-refractivity contribution in [1.29, 1.82) is 0 Å². The Kier molecular flexibility index (Phi) is 5.31. The van der Waals surface area contributed by atoms with E-state index in [2.05, 4.69) is 29.8 Å². The van der Waals surface area contributed by atoms with Crippen LogP contribution in [0.1, 0.15) is 45.1 Å². The molecule has 0 aromatic heterocycles. The highest BCUT2D eigenvalue weighted by Crippen LogP contribution is 2.33. The quantitative estimate of drug-likeness (QED) is 0.606. The van der Waals surface area contributed by atoms with Gasteiger partial charge in [-0.25, -0.2) is 0 Å². The van der Waals surface area contributed by atoms with Crippen LogP contribution in [0.15, 0.2) is 18.2 Å². The molecular weight excluding hydrogens is 280 g/mol. The van der Waals surface area contributed by atoms with Crippen molar-refractivity contribution in [2.24, 2.45) is 0 Å². The first-order chi connectivity index (χ1) is 7.95. The predicted octanol–water partition coefficient (Wildman–Crippen LogP) is 4.33. The van der Waals surface area contributed by atoms with Gasteiger partial charge >= 0.3 is 0 Å². The van der Waals surface area contributed by atoms with E-state index in [-0.39, 0.29) is 16.9 Å². The minimum atomic E-state index is -0.0114. The summed E-state index contributed by atoms with van der Waals surface area (Å²) in [4.78, 5) is 0. The maximum absolute atomic E-state index is 9.50. The van der Waals surface area contributed by atoms with Crippen LogP contribution in [0.5, 0.6) is 11.5 Å². The lowest BCUT2D eigenvalue weighted by atomic mass is 9.80. The summed E-state index contributed by atoms with van der Waals surface area (Å²) >= 11 is 3.43. The summed E-state index contributed by atoms with van der Waals surface area (Å²) in [7, 11) is 0. The van der Waals surface area contributed by atoms with Crippen molar-refractivity contribution in [2.75, 3.05) is 5.33 Å². The van der Waals surface area contributed by atoms with Crippen molar-refractivity contribution in [3.8, 4) is 11.5 Å². The molecule has 0 saturated heterocycles. The van der Waals surface area contributed by atoms with Crippen LogP contribution in [0.2, 0.25) is 0 Å². The summed E-state index contributed by atoms with van der Waals surface area (Å²) in [5.74, 6) is 0.266. The number of phenols is 2. The molecule has 0 saturated carbocycles. The van der Waals surface area contributed by atoms with E-state index >= 15 is 0 Å². The average Bonchev–Trinajstić information content (AvgIpc) is 2.23. The summed E-state index contributed by atoms with van der Waals surface area (Å²) in [5.41, 5.74) is 0.983. The molecule has 1 aromatic rings. The molecule has 3 heteroatoms. The summed E-state index contributed by atoms with van der Waals surface area (Å²) in [6.45, 7) is 4.30. The van der Waals surface area contributed by atoms with Gasteiger partial charge in [0.2, 0.25) is 0 Å². The van der Waals surface area contributed by atoms with Crippen molar-refractivity contribution < 1.29 is 10.2 Å². The van der Waals surface area contributed by atoms with E-state index in [1.807, 2.05) is 0 Å². The molecular formula is C14H21BrO2. The Hall–Kier alpha value is -0.700. The molecule has 17 heavy (non-hydrogen) atoms. The Balaban J connectivity index is 2.67. The van der Waals surface area contributed by atoms with Crippen molar-refractivity contribution in [1.82, 2.24) is 0 Å². The molecule has 2 nitrogen and oxygen atoms in total. The number of hydrogen-bond acceptors (Lipinski definition) is 2. The minimum Gasteiger partial charge on any atom is -0.508 e. The fraction of sp³-hybridized carbons (Fsp3) is 0.571. The second kappa shape index (κ2) is 6.29. The van der Waals surface area contributed by atoms with Crippen LogP contribution in [0.4, 0.5) is 0 Å². The molecule has 1 rings (SSSR count). The van der Waals surface area contributed by atoms with Crippen molar-refractivity contribution in [2.45, 2.75) is 44.9 Å². The molecule has 0 aliphatic rings. The SMILES string of the molecule is CC(C)(CCCCCBr)c1cc(O)cc(O)c1. The van der Waals surface area contributed by atoms with Gasteiger partial charge < -0.3 is 10.2 Å². The zero-order chi connectivity index (χ0) is 12.9. The van der Waals surface area contributed by atoms with E-state index in [1.54, 1.807) is 12.1 Å². The third-order valence-electron chi connectivity index (χ3n) is 3.12. The van der Waals surface area contributed by atoms with Crippen LogP contribution in [-0.2, 0) is 5.41 Å². The van der Waals surface area contributed by atoms with E-state index in [4.69, 9.17) is 0 Å². The van der Waals surface area contributed by atoms with E-state index in [9.17, 15) is 10.2 Å². The number of benzene rings is 1. The lowest BCUT2D eigenvalue weighted by molar-refractivity contribution is 0.425. The van der Waals surface area contributed by atoms with Gasteiger partial charge in [0.25, 0.3) is 0 Å². The molecule has 2 N–H and O–H groups in total. The molecule has 0 aliphatic carbocycles. The summed E-state index contributed by atoms with van der Waals surface area (Å²) < 4.78 is 0. The standard InChI is InChI=1S/C14H21BrO2/c1-14(2,6-4-3-5-7-15)11-8-12(16)10-13(17)9-11/h8-10,16-17H,3-7H2,1-2H3. The van der Waals surface area contributed by atoms with Gasteiger partial charge in [-0.15, -0.1) is 0 Å². The number of unbranched alkanes of at least 4 members (excludes halogenated alkanes) is 2. The van der Waals surface area contributed by atoms with Crippen LogP contribution < -0.4 is 0 Å². The highest BCUT2D eigenvalue weighted by atomic mass is 79.9. The largest absolute Gasteiger partial charge is 0.508 e. The Morgan fingerprint density at radius 3 is 2.12 bits per heavy atom. The Morgan fingerprint density at radius 2 is 1.59 bits per heavy atom.